The Hall–Kier alpha value is -1.35. The number of aryl methyl sites for hydroxylation is 1. The molecule has 0 fully saturated rings. The van der Waals surface area contributed by atoms with Crippen molar-refractivity contribution in [3.05, 3.63) is 35.3 Å². The van der Waals surface area contributed by atoms with Crippen molar-refractivity contribution in [1.29, 1.82) is 0 Å². The highest BCUT2D eigenvalue weighted by Gasteiger charge is 2.11. The molecule has 1 heterocycles. The van der Waals surface area contributed by atoms with Gasteiger partial charge in [-0.3, -0.25) is 0 Å². The first-order valence-corrected chi connectivity index (χ1v) is 6.04. The largest absolute Gasteiger partial charge is 0.384 e. The van der Waals surface area contributed by atoms with Crippen molar-refractivity contribution in [2.24, 2.45) is 0 Å². The molecular formula is C14H18FNO. The summed E-state index contributed by atoms with van der Waals surface area (Å²) in [5.41, 5.74) is 3.43. The quantitative estimate of drug-likeness (QED) is 0.843. The third kappa shape index (κ3) is 2.50. The van der Waals surface area contributed by atoms with Gasteiger partial charge in [0.2, 0.25) is 0 Å². The number of hydrogen-bond donors (Lipinski definition) is 1. The van der Waals surface area contributed by atoms with E-state index in [0.717, 1.165) is 30.2 Å². The monoisotopic (exact) mass is 235 g/mol. The van der Waals surface area contributed by atoms with Gasteiger partial charge >= 0.3 is 0 Å². The SMILES string of the molecule is CCCc1c(CCOC)[nH]c2ccc(F)cc12. The van der Waals surface area contributed by atoms with Gasteiger partial charge in [0.25, 0.3) is 0 Å². The van der Waals surface area contributed by atoms with Crippen LogP contribution in [0.4, 0.5) is 4.39 Å². The molecule has 1 N–H and O–H groups in total. The molecule has 92 valence electrons. The minimum atomic E-state index is -0.174. The van der Waals surface area contributed by atoms with E-state index in [1.165, 1.54) is 17.3 Å². The summed E-state index contributed by atoms with van der Waals surface area (Å²) in [7, 11) is 1.70. The van der Waals surface area contributed by atoms with Crippen LogP contribution in [0.15, 0.2) is 18.2 Å². The minimum absolute atomic E-state index is 0.174. The summed E-state index contributed by atoms with van der Waals surface area (Å²) >= 11 is 0. The molecule has 0 radical (unpaired) electrons. The summed E-state index contributed by atoms with van der Waals surface area (Å²) < 4.78 is 18.4. The van der Waals surface area contributed by atoms with E-state index in [9.17, 15) is 4.39 Å². The topological polar surface area (TPSA) is 25.0 Å². The van der Waals surface area contributed by atoms with Crippen LogP contribution in [0.1, 0.15) is 24.6 Å². The summed E-state index contributed by atoms with van der Waals surface area (Å²) in [6.07, 6.45) is 2.88. The van der Waals surface area contributed by atoms with Crippen LogP contribution in [0.3, 0.4) is 0 Å². The molecule has 0 amide bonds. The normalized spacial score (nSPS) is 11.2. The summed E-state index contributed by atoms with van der Waals surface area (Å²) in [4.78, 5) is 3.36. The van der Waals surface area contributed by atoms with E-state index in [1.807, 2.05) is 0 Å². The second-order valence-corrected chi connectivity index (χ2v) is 4.26. The molecule has 0 spiro atoms. The molecule has 0 aliphatic carbocycles. The zero-order valence-corrected chi connectivity index (χ0v) is 10.3. The van der Waals surface area contributed by atoms with Crippen LogP contribution >= 0.6 is 0 Å². The summed E-state index contributed by atoms with van der Waals surface area (Å²) in [5, 5.41) is 1.01. The summed E-state index contributed by atoms with van der Waals surface area (Å²) in [5.74, 6) is -0.174. The molecule has 1 aromatic heterocycles. The average Bonchev–Trinajstić information content (AvgIpc) is 2.65. The number of methoxy groups -OCH3 is 1. The van der Waals surface area contributed by atoms with Crippen LogP contribution in [0.2, 0.25) is 0 Å². The first-order chi connectivity index (χ1) is 8.26. The van der Waals surface area contributed by atoms with Crippen molar-refractivity contribution < 1.29 is 9.13 Å². The van der Waals surface area contributed by atoms with Gasteiger partial charge in [0.05, 0.1) is 6.61 Å². The minimum Gasteiger partial charge on any atom is -0.384 e. The molecule has 2 aromatic rings. The van der Waals surface area contributed by atoms with Gasteiger partial charge in [0.1, 0.15) is 5.82 Å². The molecule has 17 heavy (non-hydrogen) atoms. The Kier molecular flexibility index (Phi) is 3.79. The Bertz CT molecular complexity index is 504. The molecule has 0 atom stereocenters. The lowest BCUT2D eigenvalue weighted by Crippen LogP contribution is -1.98. The van der Waals surface area contributed by atoms with Crippen LogP contribution in [0.25, 0.3) is 10.9 Å². The number of rotatable bonds is 5. The van der Waals surface area contributed by atoms with Crippen molar-refractivity contribution in [1.82, 2.24) is 4.98 Å². The molecule has 1 aromatic carbocycles. The molecule has 0 bridgehead atoms. The Labute approximate surface area is 101 Å². The number of halogens is 1. The fourth-order valence-corrected chi connectivity index (χ4v) is 2.23. The van der Waals surface area contributed by atoms with Crippen molar-refractivity contribution in [3.63, 3.8) is 0 Å². The van der Waals surface area contributed by atoms with Crippen molar-refractivity contribution in [2.45, 2.75) is 26.2 Å². The van der Waals surface area contributed by atoms with Gasteiger partial charge in [0.15, 0.2) is 0 Å². The van der Waals surface area contributed by atoms with Crippen LogP contribution < -0.4 is 0 Å². The van der Waals surface area contributed by atoms with E-state index < -0.39 is 0 Å². The van der Waals surface area contributed by atoms with Gasteiger partial charge < -0.3 is 9.72 Å². The molecule has 3 heteroatoms. The number of hydrogen-bond acceptors (Lipinski definition) is 1. The standard InChI is InChI=1S/C14H18FNO/c1-3-4-11-12-9-10(15)5-6-13(12)16-14(11)7-8-17-2/h5-6,9,16H,3-4,7-8H2,1-2H3. The maximum absolute atomic E-state index is 13.3. The molecule has 0 saturated carbocycles. The molecule has 0 aliphatic heterocycles. The number of ether oxygens (including phenoxy) is 1. The third-order valence-electron chi connectivity index (χ3n) is 3.01. The summed E-state index contributed by atoms with van der Waals surface area (Å²) in [6.45, 7) is 2.82. The first-order valence-electron chi connectivity index (χ1n) is 6.04. The molecule has 2 nitrogen and oxygen atoms in total. The molecule has 2 rings (SSSR count). The van der Waals surface area contributed by atoms with Gasteiger partial charge in [-0.1, -0.05) is 13.3 Å². The van der Waals surface area contributed by atoms with E-state index >= 15 is 0 Å². The number of benzene rings is 1. The van der Waals surface area contributed by atoms with E-state index in [0.29, 0.717) is 6.61 Å². The first kappa shape index (κ1) is 12.1. The average molecular weight is 235 g/mol. The zero-order chi connectivity index (χ0) is 12.3. The smallest absolute Gasteiger partial charge is 0.123 e. The van der Waals surface area contributed by atoms with Crippen molar-refractivity contribution in [3.8, 4) is 0 Å². The fourth-order valence-electron chi connectivity index (χ4n) is 2.23. The number of fused-ring (bicyclic) bond motifs is 1. The predicted octanol–water partition coefficient (Wildman–Crippen LogP) is 3.45. The molecular weight excluding hydrogens is 217 g/mol. The van der Waals surface area contributed by atoms with E-state index in [2.05, 4.69) is 11.9 Å². The lowest BCUT2D eigenvalue weighted by Gasteiger charge is -2.02. The second kappa shape index (κ2) is 5.32. The lowest BCUT2D eigenvalue weighted by atomic mass is 10.0. The van der Waals surface area contributed by atoms with E-state index in [4.69, 9.17) is 4.74 Å². The van der Waals surface area contributed by atoms with Crippen molar-refractivity contribution in [2.75, 3.05) is 13.7 Å². The van der Waals surface area contributed by atoms with Crippen LogP contribution in [0, 0.1) is 5.82 Å². The van der Waals surface area contributed by atoms with Crippen LogP contribution in [0.5, 0.6) is 0 Å². The highest BCUT2D eigenvalue weighted by Crippen LogP contribution is 2.25. The number of nitrogens with one attached hydrogen (secondary N) is 1. The van der Waals surface area contributed by atoms with Crippen LogP contribution in [-0.2, 0) is 17.6 Å². The van der Waals surface area contributed by atoms with Gasteiger partial charge in [-0.15, -0.1) is 0 Å². The Morgan fingerprint density at radius 1 is 1.29 bits per heavy atom. The third-order valence-corrected chi connectivity index (χ3v) is 3.01. The number of aromatic nitrogens is 1. The maximum Gasteiger partial charge on any atom is 0.123 e. The predicted molar refractivity (Wildman–Crippen MR) is 67.8 cm³/mol. The Balaban J connectivity index is 2.46. The Morgan fingerprint density at radius 2 is 2.12 bits per heavy atom. The van der Waals surface area contributed by atoms with Gasteiger partial charge in [-0.2, -0.15) is 0 Å². The second-order valence-electron chi connectivity index (χ2n) is 4.26. The van der Waals surface area contributed by atoms with Gasteiger partial charge in [-0.25, -0.2) is 4.39 Å². The van der Waals surface area contributed by atoms with E-state index in [-0.39, 0.29) is 5.82 Å². The summed E-state index contributed by atoms with van der Waals surface area (Å²) in [6, 6.07) is 4.92. The van der Waals surface area contributed by atoms with Crippen LogP contribution in [-0.4, -0.2) is 18.7 Å². The highest BCUT2D eigenvalue weighted by atomic mass is 19.1. The molecule has 0 saturated heterocycles. The zero-order valence-electron chi connectivity index (χ0n) is 10.3. The molecule has 0 unspecified atom stereocenters. The maximum atomic E-state index is 13.3. The fraction of sp³-hybridized carbons (Fsp3) is 0.429. The van der Waals surface area contributed by atoms with Gasteiger partial charge in [0, 0.05) is 30.1 Å². The number of H-pyrrole nitrogens is 1. The van der Waals surface area contributed by atoms with Gasteiger partial charge in [-0.05, 0) is 30.2 Å². The number of aromatic amines is 1. The van der Waals surface area contributed by atoms with E-state index in [1.54, 1.807) is 19.2 Å². The highest BCUT2D eigenvalue weighted by molar-refractivity contribution is 5.84. The molecule has 0 aliphatic rings. The van der Waals surface area contributed by atoms with Crippen molar-refractivity contribution >= 4 is 10.9 Å². The Morgan fingerprint density at radius 3 is 2.82 bits per heavy atom. The lowest BCUT2D eigenvalue weighted by molar-refractivity contribution is 0.201.